The van der Waals surface area contributed by atoms with E-state index in [4.69, 9.17) is 9.47 Å². The van der Waals surface area contributed by atoms with Gasteiger partial charge in [-0.25, -0.2) is 10.9 Å². The smallest absolute Gasteiger partial charge is 0.242 e. The van der Waals surface area contributed by atoms with Crippen LogP contribution in [0, 0.1) is 5.92 Å². The Bertz CT molecular complexity index is 1200. The largest absolute Gasteiger partial charge is 0.508 e. The highest BCUT2D eigenvalue weighted by atomic mass is 16.5. The number of hydrogen-bond acceptors (Lipinski definition) is 6. The predicted molar refractivity (Wildman–Crippen MR) is 131 cm³/mol. The number of carbonyl (C=O) groups excluding carboxylic acids is 1. The molecule has 3 heterocycles. The summed E-state index contributed by atoms with van der Waals surface area (Å²) in [6, 6.07) is 24.1. The Morgan fingerprint density at radius 3 is 2.51 bits per heavy atom. The number of para-hydroxylation sites is 2. The van der Waals surface area contributed by atoms with E-state index < -0.39 is 6.04 Å². The van der Waals surface area contributed by atoms with Crippen LogP contribution in [0.1, 0.15) is 36.1 Å². The second-order valence-electron chi connectivity index (χ2n) is 9.44. The Labute approximate surface area is 204 Å². The molecular weight excluding hydrogens is 442 g/mol. The first kappa shape index (κ1) is 22.1. The molecule has 5 atom stereocenters. The van der Waals surface area contributed by atoms with Crippen molar-refractivity contribution in [3.63, 3.8) is 0 Å². The molecule has 5 unspecified atom stereocenters. The summed E-state index contributed by atoms with van der Waals surface area (Å²) in [5.41, 5.74) is 8.30. The minimum atomic E-state index is -0.398. The van der Waals surface area contributed by atoms with E-state index in [-0.39, 0.29) is 35.8 Å². The second-order valence-corrected chi connectivity index (χ2v) is 9.44. The topological polar surface area (TPSA) is 83.1 Å². The van der Waals surface area contributed by atoms with Gasteiger partial charge in [-0.2, -0.15) is 0 Å². The zero-order chi connectivity index (χ0) is 23.8. The lowest BCUT2D eigenvalue weighted by Gasteiger charge is -2.33. The highest BCUT2D eigenvalue weighted by Crippen LogP contribution is 2.49. The zero-order valence-electron chi connectivity index (χ0n) is 19.3. The minimum absolute atomic E-state index is 0.0422. The molecule has 3 aliphatic heterocycles. The number of rotatable bonds is 6. The number of fused-ring (bicyclic) bond motifs is 1. The molecule has 0 aromatic heterocycles. The van der Waals surface area contributed by atoms with E-state index in [9.17, 15) is 9.90 Å². The number of phenols is 1. The molecule has 0 saturated carbocycles. The summed E-state index contributed by atoms with van der Waals surface area (Å²) in [6.45, 7) is 1.29. The molecule has 3 aromatic rings. The summed E-state index contributed by atoms with van der Waals surface area (Å²) in [5, 5.41) is 10.6. The minimum Gasteiger partial charge on any atom is -0.508 e. The van der Waals surface area contributed by atoms with Gasteiger partial charge in [0, 0.05) is 24.6 Å². The van der Waals surface area contributed by atoms with Crippen molar-refractivity contribution >= 4 is 5.91 Å². The van der Waals surface area contributed by atoms with Gasteiger partial charge in [0.15, 0.2) is 0 Å². The molecule has 3 aliphatic rings. The first-order valence-electron chi connectivity index (χ1n) is 12.2. The Morgan fingerprint density at radius 2 is 1.71 bits per heavy atom. The number of nitrogens with zero attached hydrogens (tertiary/aromatic N) is 1. The van der Waals surface area contributed by atoms with Crippen LogP contribution in [-0.2, 0) is 9.53 Å². The second kappa shape index (κ2) is 9.34. The Balaban J connectivity index is 1.38. The summed E-state index contributed by atoms with van der Waals surface area (Å²) >= 11 is 0. The quantitative estimate of drug-likeness (QED) is 0.503. The van der Waals surface area contributed by atoms with Gasteiger partial charge in [0.25, 0.3) is 0 Å². The van der Waals surface area contributed by atoms with E-state index >= 15 is 0 Å². The molecule has 1 amide bonds. The summed E-state index contributed by atoms with van der Waals surface area (Å²) in [6.07, 6.45) is 2.02. The number of carbonyl (C=O) groups is 1. The van der Waals surface area contributed by atoms with Gasteiger partial charge in [0.1, 0.15) is 23.3 Å². The molecule has 0 aliphatic carbocycles. The molecule has 180 valence electrons. The number of hydrogen-bond donors (Lipinski definition) is 3. The van der Waals surface area contributed by atoms with Gasteiger partial charge in [0.05, 0.1) is 18.2 Å². The first-order chi connectivity index (χ1) is 17.2. The van der Waals surface area contributed by atoms with Gasteiger partial charge in [-0.3, -0.25) is 4.79 Å². The molecular formula is C28H29N3O4. The molecule has 7 heteroatoms. The number of hydrazine groups is 1. The lowest BCUT2D eigenvalue weighted by molar-refractivity contribution is -0.132. The summed E-state index contributed by atoms with van der Waals surface area (Å²) in [4.78, 5) is 15.6. The summed E-state index contributed by atoms with van der Waals surface area (Å²) in [7, 11) is 0. The molecule has 35 heavy (non-hydrogen) atoms. The van der Waals surface area contributed by atoms with Crippen molar-refractivity contribution in [2.24, 2.45) is 5.92 Å². The van der Waals surface area contributed by atoms with E-state index in [0.29, 0.717) is 6.54 Å². The van der Waals surface area contributed by atoms with Crippen LogP contribution < -0.4 is 15.6 Å². The number of amides is 1. The average Bonchev–Trinajstić information content (AvgIpc) is 3.60. The van der Waals surface area contributed by atoms with E-state index in [1.807, 2.05) is 71.6 Å². The normalized spacial score (nSPS) is 27.8. The molecule has 3 aromatic carbocycles. The number of likely N-dealkylation sites (tertiary alicyclic amines) is 1. The van der Waals surface area contributed by atoms with Crippen molar-refractivity contribution in [1.29, 1.82) is 0 Å². The lowest BCUT2D eigenvalue weighted by atomic mass is 9.83. The molecule has 0 radical (unpaired) electrons. The fourth-order valence-corrected chi connectivity index (χ4v) is 5.71. The third-order valence-electron chi connectivity index (χ3n) is 7.29. The molecule has 7 nitrogen and oxygen atoms in total. The van der Waals surface area contributed by atoms with Crippen molar-refractivity contribution in [1.82, 2.24) is 15.8 Å². The van der Waals surface area contributed by atoms with Crippen LogP contribution in [0.25, 0.3) is 0 Å². The monoisotopic (exact) mass is 471 g/mol. The predicted octanol–water partition coefficient (Wildman–Crippen LogP) is 4.08. The molecule has 6 rings (SSSR count). The SMILES string of the molecule is O=C1C2NNC(c3ccccc3O)C2C(c2cccc(Oc3ccccc3)c2)N1CC1CCCO1. The number of nitrogens with one attached hydrogen (secondary N) is 2. The van der Waals surface area contributed by atoms with Crippen molar-refractivity contribution in [2.75, 3.05) is 13.2 Å². The van der Waals surface area contributed by atoms with Gasteiger partial charge in [-0.15, -0.1) is 0 Å². The highest BCUT2D eigenvalue weighted by molar-refractivity contribution is 5.86. The number of benzene rings is 3. The van der Waals surface area contributed by atoms with Gasteiger partial charge in [-0.05, 0) is 48.7 Å². The molecule has 3 N–H and O–H groups in total. The molecule has 3 fully saturated rings. The summed E-state index contributed by atoms with van der Waals surface area (Å²) < 4.78 is 12.0. The maximum Gasteiger partial charge on any atom is 0.242 e. The first-order valence-corrected chi connectivity index (χ1v) is 12.2. The lowest BCUT2D eigenvalue weighted by Crippen LogP contribution is -2.43. The Morgan fingerprint density at radius 1 is 0.943 bits per heavy atom. The van der Waals surface area contributed by atoms with Gasteiger partial charge in [0.2, 0.25) is 5.91 Å². The maximum absolute atomic E-state index is 13.7. The van der Waals surface area contributed by atoms with Crippen molar-refractivity contribution in [3.05, 3.63) is 90.0 Å². The van der Waals surface area contributed by atoms with Crippen LogP contribution in [-0.4, -0.2) is 41.2 Å². The zero-order valence-corrected chi connectivity index (χ0v) is 19.3. The van der Waals surface area contributed by atoms with Crippen molar-refractivity contribution in [3.8, 4) is 17.2 Å². The summed E-state index contributed by atoms with van der Waals surface area (Å²) in [5.74, 6) is 1.63. The fraction of sp³-hybridized carbons (Fsp3) is 0.321. The molecule has 0 bridgehead atoms. The van der Waals surface area contributed by atoms with Crippen LogP contribution >= 0.6 is 0 Å². The third-order valence-corrected chi connectivity index (χ3v) is 7.29. The van der Waals surface area contributed by atoms with Crippen LogP contribution in [0.4, 0.5) is 0 Å². The highest BCUT2D eigenvalue weighted by Gasteiger charge is 2.56. The number of ether oxygens (including phenoxy) is 2. The van der Waals surface area contributed by atoms with Crippen molar-refractivity contribution < 1.29 is 19.4 Å². The van der Waals surface area contributed by atoms with Crippen LogP contribution in [0.3, 0.4) is 0 Å². The van der Waals surface area contributed by atoms with Crippen LogP contribution in [0.2, 0.25) is 0 Å². The number of phenolic OH excluding ortho intramolecular Hbond substituents is 1. The van der Waals surface area contributed by atoms with Gasteiger partial charge >= 0.3 is 0 Å². The van der Waals surface area contributed by atoms with Gasteiger partial charge in [-0.1, -0.05) is 48.5 Å². The third kappa shape index (κ3) is 4.16. The maximum atomic E-state index is 13.7. The fourth-order valence-electron chi connectivity index (χ4n) is 5.71. The van der Waals surface area contributed by atoms with Crippen molar-refractivity contribution in [2.45, 2.75) is 37.1 Å². The van der Waals surface area contributed by atoms with E-state index in [1.165, 1.54) is 0 Å². The van der Waals surface area contributed by atoms with Crippen LogP contribution in [0.5, 0.6) is 17.2 Å². The van der Waals surface area contributed by atoms with E-state index in [0.717, 1.165) is 42.1 Å². The van der Waals surface area contributed by atoms with E-state index in [2.05, 4.69) is 16.9 Å². The van der Waals surface area contributed by atoms with E-state index in [1.54, 1.807) is 6.07 Å². The number of aromatic hydroxyl groups is 1. The van der Waals surface area contributed by atoms with Crippen LogP contribution in [0.15, 0.2) is 78.9 Å². The molecule has 3 saturated heterocycles. The van der Waals surface area contributed by atoms with Gasteiger partial charge < -0.3 is 19.5 Å². The Kier molecular flexibility index (Phi) is 5.90. The average molecular weight is 472 g/mol. The Hall–Kier alpha value is -3.39. The molecule has 0 spiro atoms. The standard InChI is InChI=1S/C28H29N3O4/c32-23-14-5-4-13-22(23)25-24-26(30-29-25)28(33)31(17-21-12-7-15-34-21)27(24)18-8-6-11-20(16-18)35-19-9-2-1-3-10-19/h1-6,8-11,13-14,16,21,24-27,29-30,32H,7,12,15,17H2.